The Morgan fingerprint density at radius 3 is 2.28 bits per heavy atom. The van der Waals surface area contributed by atoms with Gasteiger partial charge in [-0.15, -0.1) is 11.8 Å². The van der Waals surface area contributed by atoms with E-state index in [1.54, 1.807) is 17.2 Å². The number of hydrogen-bond acceptors (Lipinski definition) is 8. The first kappa shape index (κ1) is 25.2. The molecule has 0 saturated carbocycles. The Hall–Kier alpha value is -3.92. The van der Waals surface area contributed by atoms with Crippen molar-refractivity contribution in [2.45, 2.75) is 38.7 Å². The quantitative estimate of drug-likeness (QED) is 0.428. The summed E-state index contributed by atoms with van der Waals surface area (Å²) in [5, 5.41) is 18.6. The number of nitrogens with zero attached hydrogens (tertiary/aromatic N) is 4. The zero-order valence-corrected chi connectivity index (χ0v) is 21.2. The molecule has 0 spiro atoms. The molecule has 3 atom stereocenters. The fraction of sp³-hybridized carbons (Fsp3) is 0.296. The highest BCUT2D eigenvalue weighted by molar-refractivity contribution is 8.07. The molecule has 0 aliphatic carbocycles. The van der Waals surface area contributed by atoms with Crippen molar-refractivity contribution in [3.05, 3.63) is 77.3 Å². The molecule has 1 aliphatic rings. The Labute approximate surface area is 214 Å². The lowest BCUT2D eigenvalue weighted by atomic mass is 10.1. The molecule has 0 unspecified atom stereocenters. The van der Waals surface area contributed by atoms with Crippen molar-refractivity contribution in [2.24, 2.45) is 0 Å². The maximum atomic E-state index is 9.32. The highest BCUT2D eigenvalue weighted by Gasteiger charge is 2.39. The molecule has 0 radical (unpaired) electrons. The number of allylic oxidation sites excluding steroid dienone is 1. The summed E-state index contributed by atoms with van der Waals surface area (Å²) < 4.78 is 20.4. The standard InChI is InChI=1S/C27H27N5O3S/c1-17-4-8-20(9-5-17)33-15-23-22(34-21-10-6-18(2)7-11-21)12-24(35-23)32-16-31-25(27(32)30)26(36-3)19(13-28)14-29/h4-11,16,22-24H,12,15,30H2,1-3H3/t22-,23+,24+/m0/s1. The molecule has 2 heterocycles. The molecule has 1 aliphatic heterocycles. The molecule has 184 valence electrons. The minimum Gasteiger partial charge on any atom is -0.491 e. The van der Waals surface area contributed by atoms with Gasteiger partial charge in [0.15, 0.2) is 0 Å². The van der Waals surface area contributed by atoms with Crippen LogP contribution in [0.4, 0.5) is 5.82 Å². The predicted molar refractivity (Wildman–Crippen MR) is 139 cm³/mol. The van der Waals surface area contributed by atoms with E-state index in [9.17, 15) is 10.5 Å². The fourth-order valence-electron chi connectivity index (χ4n) is 3.97. The molecule has 8 nitrogen and oxygen atoms in total. The summed E-state index contributed by atoms with van der Waals surface area (Å²) in [5.41, 5.74) is 9.09. The van der Waals surface area contributed by atoms with Crippen LogP contribution in [0.1, 0.15) is 29.5 Å². The third kappa shape index (κ3) is 5.49. The van der Waals surface area contributed by atoms with E-state index in [4.69, 9.17) is 19.9 Å². The van der Waals surface area contributed by atoms with Crippen LogP contribution in [-0.2, 0) is 4.74 Å². The Bertz CT molecular complexity index is 1300. The van der Waals surface area contributed by atoms with Crippen LogP contribution in [0.25, 0.3) is 4.91 Å². The van der Waals surface area contributed by atoms with Crippen molar-refractivity contribution in [3.8, 4) is 23.6 Å². The van der Waals surface area contributed by atoms with Crippen LogP contribution in [0, 0.1) is 36.5 Å². The molecule has 1 fully saturated rings. The molecule has 4 rings (SSSR count). The molecule has 0 amide bonds. The second-order valence-corrected chi connectivity index (χ2v) is 9.29. The number of aryl methyl sites for hydroxylation is 2. The third-order valence-electron chi connectivity index (χ3n) is 5.94. The van der Waals surface area contributed by atoms with E-state index in [1.165, 1.54) is 11.8 Å². The number of hydrogen-bond donors (Lipinski definition) is 1. The summed E-state index contributed by atoms with van der Waals surface area (Å²) in [7, 11) is 0. The number of ether oxygens (including phenoxy) is 3. The summed E-state index contributed by atoms with van der Waals surface area (Å²) in [6, 6.07) is 19.5. The smallest absolute Gasteiger partial charge is 0.145 e. The number of imidazole rings is 1. The Kier molecular flexibility index (Phi) is 7.84. The topological polar surface area (TPSA) is 119 Å². The summed E-state index contributed by atoms with van der Waals surface area (Å²) in [5.74, 6) is 1.82. The number of nitrogens with two attached hydrogens (primary N) is 1. The van der Waals surface area contributed by atoms with Gasteiger partial charge in [0, 0.05) is 6.42 Å². The van der Waals surface area contributed by atoms with Gasteiger partial charge in [0.2, 0.25) is 0 Å². The Morgan fingerprint density at radius 2 is 1.69 bits per heavy atom. The van der Waals surface area contributed by atoms with Gasteiger partial charge < -0.3 is 19.9 Å². The maximum absolute atomic E-state index is 9.32. The van der Waals surface area contributed by atoms with E-state index in [-0.39, 0.29) is 17.8 Å². The second-order valence-electron chi connectivity index (χ2n) is 8.48. The van der Waals surface area contributed by atoms with Gasteiger partial charge in [0.1, 0.15) is 65.8 Å². The lowest BCUT2D eigenvalue weighted by Gasteiger charge is -2.20. The van der Waals surface area contributed by atoms with Crippen LogP contribution in [0.3, 0.4) is 0 Å². The molecule has 3 aromatic rings. The fourth-order valence-corrected chi connectivity index (χ4v) is 4.61. The van der Waals surface area contributed by atoms with Gasteiger partial charge in [-0.05, 0) is 44.4 Å². The number of nitriles is 2. The molecular formula is C27H27N5O3S. The molecule has 1 aromatic heterocycles. The summed E-state index contributed by atoms with van der Waals surface area (Å²) >= 11 is 1.25. The Balaban J connectivity index is 1.58. The average molecular weight is 502 g/mol. The summed E-state index contributed by atoms with van der Waals surface area (Å²) in [6.07, 6.45) is 2.74. The third-order valence-corrected chi connectivity index (χ3v) is 6.74. The Morgan fingerprint density at radius 1 is 1.08 bits per heavy atom. The number of aromatic nitrogens is 2. The van der Waals surface area contributed by atoms with E-state index < -0.39 is 6.23 Å². The molecule has 36 heavy (non-hydrogen) atoms. The number of nitrogen functional groups attached to an aromatic ring is 1. The van der Waals surface area contributed by atoms with Crippen LogP contribution in [0.5, 0.6) is 11.5 Å². The minimum atomic E-state index is -0.455. The number of benzene rings is 2. The van der Waals surface area contributed by atoms with E-state index in [1.807, 2.05) is 74.5 Å². The van der Waals surface area contributed by atoms with Crippen molar-refractivity contribution < 1.29 is 14.2 Å². The predicted octanol–water partition coefficient (Wildman–Crippen LogP) is 5.02. The highest BCUT2D eigenvalue weighted by atomic mass is 32.2. The van der Waals surface area contributed by atoms with Crippen LogP contribution in [-0.4, -0.2) is 34.6 Å². The van der Waals surface area contributed by atoms with Gasteiger partial charge in [0.25, 0.3) is 0 Å². The van der Waals surface area contributed by atoms with Crippen molar-refractivity contribution in [1.82, 2.24) is 9.55 Å². The van der Waals surface area contributed by atoms with Gasteiger partial charge in [-0.2, -0.15) is 10.5 Å². The maximum Gasteiger partial charge on any atom is 0.145 e. The van der Waals surface area contributed by atoms with Gasteiger partial charge in [-0.1, -0.05) is 35.4 Å². The normalized spacial score (nSPS) is 18.8. The molecule has 9 heteroatoms. The zero-order chi connectivity index (χ0) is 25.7. The molecule has 2 N–H and O–H groups in total. The number of thioether (sulfide) groups is 1. The van der Waals surface area contributed by atoms with Crippen molar-refractivity contribution in [3.63, 3.8) is 0 Å². The highest BCUT2D eigenvalue weighted by Crippen LogP contribution is 2.37. The summed E-state index contributed by atoms with van der Waals surface area (Å²) in [6.45, 7) is 4.34. The van der Waals surface area contributed by atoms with Crippen LogP contribution in [0.15, 0.2) is 60.4 Å². The monoisotopic (exact) mass is 501 g/mol. The van der Waals surface area contributed by atoms with Crippen molar-refractivity contribution in [1.29, 1.82) is 10.5 Å². The van der Waals surface area contributed by atoms with E-state index in [0.29, 0.717) is 29.4 Å². The SMILES string of the molecule is CSC(=C(C#N)C#N)c1ncn([C@H]2C[C@H](Oc3ccc(C)cc3)[C@@H](COc3ccc(C)cc3)O2)c1N. The largest absolute Gasteiger partial charge is 0.491 e. The first-order valence-electron chi connectivity index (χ1n) is 11.4. The second kappa shape index (κ2) is 11.2. The first-order valence-corrected chi connectivity index (χ1v) is 12.6. The van der Waals surface area contributed by atoms with Crippen LogP contribution in [0.2, 0.25) is 0 Å². The van der Waals surface area contributed by atoms with E-state index >= 15 is 0 Å². The molecule has 2 aromatic carbocycles. The lowest BCUT2D eigenvalue weighted by Crippen LogP contribution is -2.32. The summed E-state index contributed by atoms with van der Waals surface area (Å²) in [4.78, 5) is 4.83. The first-order chi connectivity index (χ1) is 17.4. The van der Waals surface area contributed by atoms with Gasteiger partial charge >= 0.3 is 0 Å². The van der Waals surface area contributed by atoms with Crippen molar-refractivity contribution in [2.75, 3.05) is 18.6 Å². The van der Waals surface area contributed by atoms with Crippen LogP contribution < -0.4 is 15.2 Å². The van der Waals surface area contributed by atoms with Gasteiger partial charge in [-0.25, -0.2) is 4.98 Å². The van der Waals surface area contributed by atoms with E-state index in [2.05, 4.69) is 4.98 Å². The zero-order valence-electron chi connectivity index (χ0n) is 20.3. The molecule has 0 bridgehead atoms. The number of rotatable bonds is 8. The number of anilines is 1. The van der Waals surface area contributed by atoms with Crippen LogP contribution >= 0.6 is 11.8 Å². The van der Waals surface area contributed by atoms with E-state index in [0.717, 1.165) is 22.6 Å². The molecule has 1 saturated heterocycles. The lowest BCUT2D eigenvalue weighted by molar-refractivity contribution is -0.0346. The molecular weight excluding hydrogens is 474 g/mol. The minimum absolute atomic E-state index is 0.0308. The average Bonchev–Trinajstić information content (AvgIpc) is 3.46. The van der Waals surface area contributed by atoms with Gasteiger partial charge in [-0.3, -0.25) is 4.57 Å². The van der Waals surface area contributed by atoms with Gasteiger partial charge in [0.05, 0.1) is 11.2 Å². The van der Waals surface area contributed by atoms with Crippen molar-refractivity contribution >= 4 is 22.5 Å².